The van der Waals surface area contributed by atoms with E-state index in [2.05, 4.69) is 52.0 Å². The van der Waals surface area contributed by atoms with Crippen LogP contribution in [-0.2, 0) is 14.9 Å². The van der Waals surface area contributed by atoms with Crippen molar-refractivity contribution < 1.29 is 9.53 Å². The molecule has 0 atom stereocenters. The molecular weight excluding hydrogens is 302 g/mol. The molecule has 0 aliphatic rings. The molecule has 0 radical (unpaired) electrons. The predicted molar refractivity (Wildman–Crippen MR) is 74.5 cm³/mol. The van der Waals surface area contributed by atoms with Crippen LogP contribution in [-0.4, -0.2) is 26.2 Å². The number of carbonyl (C=O) groups excluding carboxylic acids is 1. The molecule has 0 aliphatic carbocycles. The van der Waals surface area contributed by atoms with Crippen molar-refractivity contribution in [1.82, 2.24) is 5.32 Å². The van der Waals surface area contributed by atoms with E-state index in [1.165, 1.54) is 12.0 Å². The average Bonchev–Trinajstić information content (AvgIpc) is 2.71. The first kappa shape index (κ1) is 14.7. The fourth-order valence-electron chi connectivity index (χ4n) is 1.46. The van der Waals surface area contributed by atoms with Crippen molar-refractivity contribution in [3.05, 3.63) is 20.8 Å². The number of hydrogen-bond donors (Lipinski definition) is 1. The highest BCUT2D eigenvalue weighted by Gasteiger charge is 2.21. The molecule has 1 aromatic heterocycles. The molecule has 0 bridgehead atoms. The van der Waals surface area contributed by atoms with Gasteiger partial charge in [-0.3, -0.25) is 4.79 Å². The molecule has 5 heteroatoms. The van der Waals surface area contributed by atoms with Gasteiger partial charge in [-0.2, -0.15) is 0 Å². The molecule has 0 saturated heterocycles. The summed E-state index contributed by atoms with van der Waals surface area (Å²) in [6.07, 6.45) is 0.417. The van der Waals surface area contributed by atoms with E-state index >= 15 is 0 Å². The van der Waals surface area contributed by atoms with E-state index in [1.54, 1.807) is 11.3 Å². The summed E-state index contributed by atoms with van der Waals surface area (Å²) in [4.78, 5) is 12.3. The minimum absolute atomic E-state index is 0.0762. The quantitative estimate of drug-likeness (QED) is 0.647. The Morgan fingerprint density at radius 3 is 2.76 bits per heavy atom. The maximum atomic E-state index is 10.9. The second-order valence-corrected chi connectivity index (χ2v) is 6.95. The Bertz CT molecular complexity index is 376. The number of carbonyl (C=O) groups is 1. The molecule has 96 valence electrons. The summed E-state index contributed by atoms with van der Waals surface area (Å²) < 4.78 is 5.74. The number of rotatable bonds is 6. The number of nitrogens with one attached hydrogen (secondary N) is 1. The summed E-state index contributed by atoms with van der Waals surface area (Å²) in [6.45, 7) is 5.88. The van der Waals surface area contributed by atoms with E-state index in [4.69, 9.17) is 0 Å². The van der Waals surface area contributed by atoms with Crippen LogP contribution in [0.15, 0.2) is 15.9 Å². The highest BCUT2D eigenvalue weighted by molar-refractivity contribution is 9.11. The van der Waals surface area contributed by atoms with Gasteiger partial charge in [0.2, 0.25) is 0 Å². The molecule has 0 spiro atoms. The Morgan fingerprint density at radius 2 is 2.24 bits per heavy atom. The minimum atomic E-state index is -0.172. The lowest BCUT2D eigenvalue weighted by Crippen LogP contribution is -2.33. The summed E-state index contributed by atoms with van der Waals surface area (Å²) in [6, 6.07) is 4.20. The van der Waals surface area contributed by atoms with Crippen LogP contribution in [0.3, 0.4) is 0 Å². The molecule has 1 heterocycles. The molecule has 0 aliphatic heterocycles. The van der Waals surface area contributed by atoms with Gasteiger partial charge in [-0.25, -0.2) is 0 Å². The molecule has 3 nitrogen and oxygen atoms in total. The summed E-state index contributed by atoms with van der Waals surface area (Å²) in [5.41, 5.74) is 0.0762. The number of thiophene rings is 1. The molecule has 0 amide bonds. The largest absolute Gasteiger partial charge is 0.469 e. The van der Waals surface area contributed by atoms with Crippen LogP contribution in [0.1, 0.15) is 25.1 Å². The zero-order valence-electron chi connectivity index (χ0n) is 10.4. The molecule has 1 aromatic rings. The van der Waals surface area contributed by atoms with E-state index in [0.717, 1.165) is 10.3 Å². The second-order valence-electron chi connectivity index (χ2n) is 4.49. The van der Waals surface area contributed by atoms with Gasteiger partial charge in [-0.05, 0) is 28.1 Å². The maximum Gasteiger partial charge on any atom is 0.306 e. The highest BCUT2D eigenvalue weighted by Crippen LogP contribution is 2.32. The summed E-state index contributed by atoms with van der Waals surface area (Å²) in [5, 5.41) is 3.29. The van der Waals surface area contributed by atoms with Crippen LogP contribution >= 0.6 is 27.3 Å². The molecule has 1 rings (SSSR count). The van der Waals surface area contributed by atoms with Crippen LogP contribution in [0.5, 0.6) is 0 Å². The smallest absolute Gasteiger partial charge is 0.306 e. The Morgan fingerprint density at radius 1 is 1.53 bits per heavy atom. The van der Waals surface area contributed by atoms with Gasteiger partial charge in [0.25, 0.3) is 0 Å². The first-order valence-corrected chi connectivity index (χ1v) is 7.10. The van der Waals surface area contributed by atoms with Crippen LogP contribution in [0, 0.1) is 0 Å². The normalized spacial score (nSPS) is 11.5. The van der Waals surface area contributed by atoms with Crippen molar-refractivity contribution in [2.24, 2.45) is 0 Å². The van der Waals surface area contributed by atoms with Crippen molar-refractivity contribution in [1.29, 1.82) is 0 Å². The second kappa shape index (κ2) is 6.52. The van der Waals surface area contributed by atoms with E-state index in [1.807, 2.05) is 0 Å². The van der Waals surface area contributed by atoms with E-state index < -0.39 is 0 Å². The average molecular weight is 320 g/mol. The molecule has 1 N–H and O–H groups in total. The van der Waals surface area contributed by atoms with E-state index in [9.17, 15) is 4.79 Å². The molecule has 17 heavy (non-hydrogen) atoms. The predicted octanol–water partition coefficient (Wildman–Crippen LogP) is 2.94. The Balaban J connectivity index is 2.37. The van der Waals surface area contributed by atoms with Gasteiger partial charge >= 0.3 is 5.97 Å². The number of methoxy groups -OCH3 is 1. The molecule has 0 fully saturated rings. The van der Waals surface area contributed by atoms with Crippen molar-refractivity contribution in [3.8, 4) is 0 Å². The Kier molecular flexibility index (Phi) is 5.62. The fourth-order valence-corrected chi connectivity index (χ4v) is 2.94. The highest BCUT2D eigenvalue weighted by atomic mass is 79.9. The lowest BCUT2D eigenvalue weighted by atomic mass is 9.91. The van der Waals surface area contributed by atoms with Gasteiger partial charge in [0.15, 0.2) is 0 Å². The van der Waals surface area contributed by atoms with Gasteiger partial charge < -0.3 is 10.1 Å². The standard InChI is InChI=1S/C12H18BrNO2S/c1-12(2,9-4-5-10(13)17-9)8-14-7-6-11(15)16-3/h4-5,14H,6-8H2,1-3H3. The first-order valence-electron chi connectivity index (χ1n) is 5.49. The SMILES string of the molecule is COC(=O)CCNCC(C)(C)c1ccc(Br)s1. The maximum absolute atomic E-state index is 10.9. The third kappa shape index (κ3) is 4.77. The lowest BCUT2D eigenvalue weighted by Gasteiger charge is -2.23. The molecule has 0 unspecified atom stereocenters. The molecule has 0 saturated carbocycles. The van der Waals surface area contributed by atoms with Gasteiger partial charge in [-0.15, -0.1) is 11.3 Å². The van der Waals surface area contributed by atoms with Crippen LogP contribution in [0.4, 0.5) is 0 Å². The van der Waals surface area contributed by atoms with Crippen molar-refractivity contribution >= 4 is 33.2 Å². The zero-order chi connectivity index (χ0) is 12.9. The molecule has 0 aromatic carbocycles. The van der Waals surface area contributed by atoms with Crippen LogP contribution in [0.2, 0.25) is 0 Å². The first-order chi connectivity index (χ1) is 7.95. The summed E-state index contributed by atoms with van der Waals surface area (Å²) in [5.74, 6) is -0.172. The number of esters is 1. The van der Waals surface area contributed by atoms with E-state index in [-0.39, 0.29) is 11.4 Å². The van der Waals surface area contributed by atoms with Crippen molar-refractivity contribution in [3.63, 3.8) is 0 Å². The van der Waals surface area contributed by atoms with Gasteiger partial charge in [0.1, 0.15) is 0 Å². The van der Waals surface area contributed by atoms with Gasteiger partial charge in [-0.1, -0.05) is 13.8 Å². The Hall–Kier alpha value is -0.390. The Labute approximate surface area is 115 Å². The number of ether oxygens (including phenoxy) is 1. The van der Waals surface area contributed by atoms with E-state index in [0.29, 0.717) is 13.0 Å². The minimum Gasteiger partial charge on any atom is -0.469 e. The third-order valence-corrected chi connectivity index (χ3v) is 4.53. The van der Waals surface area contributed by atoms with Gasteiger partial charge in [0, 0.05) is 23.4 Å². The van der Waals surface area contributed by atoms with Gasteiger partial charge in [0.05, 0.1) is 17.3 Å². The fraction of sp³-hybridized carbons (Fsp3) is 0.583. The monoisotopic (exact) mass is 319 g/mol. The van der Waals surface area contributed by atoms with Crippen molar-refractivity contribution in [2.45, 2.75) is 25.7 Å². The molecular formula is C12H18BrNO2S. The number of halogens is 1. The van der Waals surface area contributed by atoms with Crippen LogP contribution in [0.25, 0.3) is 0 Å². The summed E-state index contributed by atoms with van der Waals surface area (Å²) >= 11 is 5.22. The van der Waals surface area contributed by atoms with Crippen LogP contribution < -0.4 is 5.32 Å². The topological polar surface area (TPSA) is 38.3 Å². The lowest BCUT2D eigenvalue weighted by molar-refractivity contribution is -0.140. The van der Waals surface area contributed by atoms with Crippen molar-refractivity contribution in [2.75, 3.05) is 20.2 Å². The zero-order valence-corrected chi connectivity index (χ0v) is 12.8. The summed E-state index contributed by atoms with van der Waals surface area (Å²) in [7, 11) is 1.41. The third-order valence-electron chi connectivity index (χ3n) is 2.54. The number of hydrogen-bond acceptors (Lipinski definition) is 4.